The van der Waals surface area contributed by atoms with E-state index in [1.807, 2.05) is 0 Å². The van der Waals surface area contributed by atoms with Gasteiger partial charge >= 0.3 is 0 Å². The molecular formula is C11H25N. The largest absolute Gasteiger partial charge is 0.315 e. The molecule has 0 radical (unpaired) electrons. The molecule has 0 amide bonds. The predicted octanol–water partition coefficient (Wildman–Crippen LogP) is 3.20. The summed E-state index contributed by atoms with van der Waals surface area (Å²) in [6, 6.07) is 0.703. The minimum atomic E-state index is 0.703. The van der Waals surface area contributed by atoms with Gasteiger partial charge in [-0.15, -0.1) is 0 Å². The molecule has 0 aromatic carbocycles. The molecular weight excluding hydrogens is 146 g/mol. The molecule has 74 valence electrons. The van der Waals surface area contributed by atoms with Crippen LogP contribution in [0.1, 0.15) is 53.4 Å². The topological polar surface area (TPSA) is 12.0 Å². The highest BCUT2D eigenvalue weighted by molar-refractivity contribution is 4.61. The van der Waals surface area contributed by atoms with Gasteiger partial charge in [-0.3, -0.25) is 0 Å². The molecule has 2 unspecified atom stereocenters. The van der Waals surface area contributed by atoms with Crippen molar-refractivity contribution >= 4 is 0 Å². The number of hydrogen-bond donors (Lipinski definition) is 1. The first-order valence-corrected chi connectivity index (χ1v) is 5.44. The van der Waals surface area contributed by atoms with Crippen LogP contribution in [0.5, 0.6) is 0 Å². The van der Waals surface area contributed by atoms with Crippen molar-refractivity contribution in [1.29, 1.82) is 0 Å². The van der Waals surface area contributed by atoms with Crippen LogP contribution in [0.15, 0.2) is 0 Å². The second-order valence-corrected chi connectivity index (χ2v) is 3.93. The van der Waals surface area contributed by atoms with Crippen molar-refractivity contribution in [1.82, 2.24) is 5.32 Å². The average molecular weight is 171 g/mol. The van der Waals surface area contributed by atoms with E-state index in [2.05, 4.69) is 33.0 Å². The first-order valence-electron chi connectivity index (χ1n) is 5.44. The molecule has 0 fully saturated rings. The molecule has 0 rings (SSSR count). The minimum absolute atomic E-state index is 0.703. The van der Waals surface area contributed by atoms with Crippen LogP contribution in [-0.2, 0) is 0 Å². The fourth-order valence-corrected chi connectivity index (χ4v) is 1.62. The lowest BCUT2D eigenvalue weighted by molar-refractivity contribution is 0.419. The molecule has 0 saturated carbocycles. The van der Waals surface area contributed by atoms with Gasteiger partial charge in [0.05, 0.1) is 0 Å². The van der Waals surface area contributed by atoms with Gasteiger partial charge in [0.25, 0.3) is 0 Å². The molecule has 1 N–H and O–H groups in total. The first-order chi connectivity index (χ1) is 5.70. The summed E-state index contributed by atoms with van der Waals surface area (Å²) in [6.45, 7) is 10.2. The van der Waals surface area contributed by atoms with Gasteiger partial charge in [-0.1, -0.05) is 33.6 Å². The summed E-state index contributed by atoms with van der Waals surface area (Å²) in [6.07, 6.45) is 5.42. The highest BCUT2D eigenvalue weighted by Crippen LogP contribution is 2.13. The van der Waals surface area contributed by atoms with E-state index in [1.165, 1.54) is 25.7 Å². The lowest BCUT2D eigenvalue weighted by atomic mass is 9.98. The van der Waals surface area contributed by atoms with E-state index in [9.17, 15) is 0 Å². The van der Waals surface area contributed by atoms with Gasteiger partial charge in [0.1, 0.15) is 0 Å². The zero-order valence-electron chi connectivity index (χ0n) is 9.19. The molecule has 0 aromatic rings. The number of nitrogens with one attached hydrogen (secondary N) is 1. The lowest BCUT2D eigenvalue weighted by Gasteiger charge is -2.15. The summed E-state index contributed by atoms with van der Waals surface area (Å²) < 4.78 is 0. The maximum Gasteiger partial charge on any atom is 0.00387 e. The molecule has 1 heteroatoms. The molecule has 0 saturated heterocycles. The third-order valence-corrected chi connectivity index (χ3v) is 2.43. The Morgan fingerprint density at radius 2 is 1.67 bits per heavy atom. The molecule has 12 heavy (non-hydrogen) atoms. The van der Waals surface area contributed by atoms with Gasteiger partial charge in [-0.05, 0) is 32.2 Å². The second-order valence-electron chi connectivity index (χ2n) is 3.93. The van der Waals surface area contributed by atoms with Gasteiger partial charge in [-0.25, -0.2) is 0 Å². The van der Waals surface area contributed by atoms with E-state index >= 15 is 0 Å². The normalized spacial score (nSPS) is 16.0. The Kier molecular flexibility index (Phi) is 7.58. The smallest absolute Gasteiger partial charge is 0.00387 e. The van der Waals surface area contributed by atoms with E-state index in [4.69, 9.17) is 0 Å². The molecule has 0 bridgehead atoms. The standard InChI is InChI=1S/C11H25N/c1-5-7-10(3)8-9-11(4)12-6-2/h10-12H,5-9H2,1-4H3. The summed E-state index contributed by atoms with van der Waals surface area (Å²) in [4.78, 5) is 0. The SMILES string of the molecule is CCCC(C)CCC(C)NCC. The van der Waals surface area contributed by atoms with Crippen LogP contribution in [0.25, 0.3) is 0 Å². The maximum absolute atomic E-state index is 3.44. The van der Waals surface area contributed by atoms with Crippen LogP contribution in [-0.4, -0.2) is 12.6 Å². The quantitative estimate of drug-likeness (QED) is 0.620. The third kappa shape index (κ3) is 6.66. The van der Waals surface area contributed by atoms with Gasteiger partial charge in [0.2, 0.25) is 0 Å². The Morgan fingerprint density at radius 3 is 2.17 bits per heavy atom. The molecule has 0 heterocycles. The molecule has 0 aliphatic heterocycles. The van der Waals surface area contributed by atoms with E-state index in [0.29, 0.717) is 6.04 Å². The molecule has 2 atom stereocenters. The molecule has 0 spiro atoms. The Labute approximate surface area is 77.9 Å². The van der Waals surface area contributed by atoms with E-state index in [0.717, 1.165) is 12.5 Å². The van der Waals surface area contributed by atoms with Crippen LogP contribution in [0.3, 0.4) is 0 Å². The van der Waals surface area contributed by atoms with E-state index in [-0.39, 0.29) is 0 Å². The fourth-order valence-electron chi connectivity index (χ4n) is 1.62. The maximum atomic E-state index is 3.44. The summed E-state index contributed by atoms with van der Waals surface area (Å²) >= 11 is 0. The highest BCUT2D eigenvalue weighted by atomic mass is 14.9. The lowest BCUT2D eigenvalue weighted by Crippen LogP contribution is -2.25. The van der Waals surface area contributed by atoms with Crippen molar-refractivity contribution in [3.8, 4) is 0 Å². The van der Waals surface area contributed by atoms with Crippen molar-refractivity contribution in [3.63, 3.8) is 0 Å². The van der Waals surface area contributed by atoms with Gasteiger partial charge in [0.15, 0.2) is 0 Å². The van der Waals surface area contributed by atoms with Gasteiger partial charge in [-0.2, -0.15) is 0 Å². The summed E-state index contributed by atoms with van der Waals surface area (Å²) in [5.41, 5.74) is 0. The summed E-state index contributed by atoms with van der Waals surface area (Å²) in [5.74, 6) is 0.913. The Morgan fingerprint density at radius 1 is 1.00 bits per heavy atom. The van der Waals surface area contributed by atoms with Crippen LogP contribution in [0, 0.1) is 5.92 Å². The van der Waals surface area contributed by atoms with Crippen LogP contribution < -0.4 is 5.32 Å². The van der Waals surface area contributed by atoms with Crippen molar-refractivity contribution in [2.75, 3.05) is 6.54 Å². The fraction of sp³-hybridized carbons (Fsp3) is 1.00. The second kappa shape index (κ2) is 7.60. The zero-order chi connectivity index (χ0) is 9.40. The first kappa shape index (κ1) is 12.0. The highest BCUT2D eigenvalue weighted by Gasteiger charge is 2.04. The van der Waals surface area contributed by atoms with E-state index < -0.39 is 0 Å². The Bertz CT molecular complexity index is 79.0. The molecule has 0 aliphatic rings. The third-order valence-electron chi connectivity index (χ3n) is 2.43. The van der Waals surface area contributed by atoms with Crippen molar-refractivity contribution in [3.05, 3.63) is 0 Å². The molecule has 0 aromatic heterocycles. The summed E-state index contributed by atoms with van der Waals surface area (Å²) in [7, 11) is 0. The van der Waals surface area contributed by atoms with E-state index in [1.54, 1.807) is 0 Å². The minimum Gasteiger partial charge on any atom is -0.315 e. The number of rotatable bonds is 7. The van der Waals surface area contributed by atoms with Crippen molar-refractivity contribution in [2.45, 2.75) is 59.4 Å². The summed E-state index contributed by atoms with van der Waals surface area (Å²) in [5, 5.41) is 3.44. The van der Waals surface area contributed by atoms with Crippen molar-refractivity contribution in [2.24, 2.45) is 5.92 Å². The molecule has 0 aliphatic carbocycles. The van der Waals surface area contributed by atoms with Crippen molar-refractivity contribution < 1.29 is 0 Å². The zero-order valence-corrected chi connectivity index (χ0v) is 9.19. The predicted molar refractivity (Wildman–Crippen MR) is 56.4 cm³/mol. The van der Waals surface area contributed by atoms with Crippen LogP contribution in [0.4, 0.5) is 0 Å². The average Bonchev–Trinajstić information content (AvgIpc) is 2.02. The Balaban J connectivity index is 3.27. The van der Waals surface area contributed by atoms with Gasteiger partial charge < -0.3 is 5.32 Å². The monoisotopic (exact) mass is 171 g/mol. The van der Waals surface area contributed by atoms with Crippen LogP contribution >= 0.6 is 0 Å². The van der Waals surface area contributed by atoms with Crippen LogP contribution in [0.2, 0.25) is 0 Å². The number of hydrogen-bond acceptors (Lipinski definition) is 1. The Hall–Kier alpha value is -0.0400. The molecule has 1 nitrogen and oxygen atoms in total. The van der Waals surface area contributed by atoms with Gasteiger partial charge in [0, 0.05) is 6.04 Å².